The molecule has 0 saturated heterocycles. The van der Waals surface area contributed by atoms with E-state index in [1.807, 2.05) is 31.2 Å². The van der Waals surface area contributed by atoms with Gasteiger partial charge in [-0.2, -0.15) is 0 Å². The van der Waals surface area contributed by atoms with Crippen molar-refractivity contribution in [2.75, 3.05) is 11.9 Å². The number of hydrogen-bond donors (Lipinski definition) is 3. The van der Waals surface area contributed by atoms with Crippen molar-refractivity contribution >= 4 is 23.0 Å². The molecule has 0 aliphatic rings. The number of benzene rings is 1. The highest BCUT2D eigenvalue weighted by Gasteiger charge is 2.17. The Kier molecular flexibility index (Phi) is 4.25. The zero-order chi connectivity index (χ0) is 18.8. The van der Waals surface area contributed by atoms with E-state index in [-0.39, 0.29) is 6.03 Å². The first-order valence-corrected chi connectivity index (χ1v) is 8.43. The molecule has 136 valence electrons. The molecule has 0 spiro atoms. The third kappa shape index (κ3) is 3.34. The summed E-state index contributed by atoms with van der Waals surface area (Å²) in [6.07, 6.45) is 3.48. The van der Waals surface area contributed by atoms with Crippen LogP contribution in [0.3, 0.4) is 0 Å². The summed E-state index contributed by atoms with van der Waals surface area (Å²) in [6, 6.07) is 7.33. The first-order valence-electron chi connectivity index (χ1n) is 8.43. The lowest BCUT2D eigenvalue weighted by Gasteiger charge is -2.04. The fourth-order valence-corrected chi connectivity index (χ4v) is 2.76. The summed E-state index contributed by atoms with van der Waals surface area (Å²) in [5, 5.41) is 13.4. The number of aryl methyl sites for hydroxylation is 1. The lowest BCUT2D eigenvalue weighted by atomic mass is 10.0. The Bertz CT molecular complexity index is 1100. The van der Waals surface area contributed by atoms with Gasteiger partial charge in [0, 0.05) is 31.4 Å². The fourth-order valence-electron chi connectivity index (χ4n) is 2.76. The van der Waals surface area contributed by atoms with E-state index in [1.54, 1.807) is 19.3 Å². The number of hydrogen-bond acceptors (Lipinski definition) is 6. The summed E-state index contributed by atoms with van der Waals surface area (Å²) in [6.45, 7) is 4.09. The summed E-state index contributed by atoms with van der Waals surface area (Å²) in [5.41, 5.74) is 3.88. The summed E-state index contributed by atoms with van der Waals surface area (Å²) in [7, 11) is 0. The number of anilines is 1. The molecule has 1 aromatic carbocycles. The third-order valence-electron chi connectivity index (χ3n) is 3.91. The van der Waals surface area contributed by atoms with Crippen molar-refractivity contribution in [3.8, 4) is 22.6 Å². The zero-order valence-corrected chi connectivity index (χ0v) is 14.8. The van der Waals surface area contributed by atoms with Crippen molar-refractivity contribution in [3.63, 3.8) is 0 Å². The van der Waals surface area contributed by atoms with Crippen molar-refractivity contribution in [2.45, 2.75) is 13.8 Å². The molecule has 27 heavy (non-hydrogen) atoms. The number of rotatable bonds is 4. The molecular weight excluding hydrogens is 346 g/mol. The minimum atomic E-state index is -0.334. The first-order chi connectivity index (χ1) is 13.1. The number of fused-ring (bicyclic) bond motifs is 1. The monoisotopic (exact) mass is 363 g/mol. The van der Waals surface area contributed by atoms with E-state index >= 15 is 0 Å². The Morgan fingerprint density at radius 3 is 2.85 bits per heavy atom. The molecule has 0 aliphatic heterocycles. The number of carbonyl (C=O) groups is 1. The van der Waals surface area contributed by atoms with Crippen LogP contribution in [-0.2, 0) is 0 Å². The van der Waals surface area contributed by atoms with Gasteiger partial charge in [0.2, 0.25) is 17.7 Å². The second-order valence-corrected chi connectivity index (χ2v) is 5.86. The van der Waals surface area contributed by atoms with Gasteiger partial charge in [-0.05, 0) is 30.7 Å². The molecule has 0 atom stereocenters. The molecule has 4 aromatic rings. The Morgan fingerprint density at radius 2 is 2.15 bits per heavy atom. The number of H-pyrrole nitrogens is 1. The number of amides is 2. The summed E-state index contributed by atoms with van der Waals surface area (Å²) in [5.74, 6) is 1.17. The van der Waals surface area contributed by atoms with Crippen molar-refractivity contribution in [1.82, 2.24) is 30.5 Å². The topological polar surface area (TPSA) is 122 Å². The van der Waals surface area contributed by atoms with E-state index in [0.717, 1.165) is 11.1 Å². The van der Waals surface area contributed by atoms with Crippen molar-refractivity contribution in [1.29, 1.82) is 0 Å². The summed E-state index contributed by atoms with van der Waals surface area (Å²) in [4.78, 5) is 23.6. The van der Waals surface area contributed by atoms with E-state index in [2.05, 4.69) is 35.8 Å². The Hall–Kier alpha value is -3.75. The highest BCUT2D eigenvalue weighted by atomic mass is 16.4. The summed E-state index contributed by atoms with van der Waals surface area (Å²) < 4.78 is 5.61. The van der Waals surface area contributed by atoms with Gasteiger partial charge in [-0.1, -0.05) is 6.07 Å². The number of aromatic nitrogens is 5. The van der Waals surface area contributed by atoms with E-state index in [1.165, 1.54) is 0 Å². The lowest BCUT2D eigenvalue weighted by molar-refractivity contribution is 0.252. The molecule has 9 nitrogen and oxygen atoms in total. The van der Waals surface area contributed by atoms with Gasteiger partial charge in [0.1, 0.15) is 0 Å². The van der Waals surface area contributed by atoms with E-state index in [4.69, 9.17) is 4.42 Å². The van der Waals surface area contributed by atoms with Crippen molar-refractivity contribution < 1.29 is 9.21 Å². The molecule has 0 radical (unpaired) electrons. The first kappa shape index (κ1) is 16.7. The van der Waals surface area contributed by atoms with Crippen LogP contribution in [-0.4, -0.2) is 37.7 Å². The number of aromatic amines is 1. The molecule has 0 bridgehead atoms. The predicted octanol–water partition coefficient (Wildman–Crippen LogP) is 3.12. The van der Waals surface area contributed by atoms with Gasteiger partial charge in [-0.15, -0.1) is 10.2 Å². The minimum Gasteiger partial charge on any atom is -0.421 e. The van der Waals surface area contributed by atoms with Gasteiger partial charge in [0.15, 0.2) is 0 Å². The van der Waals surface area contributed by atoms with Crippen LogP contribution in [0, 0.1) is 6.92 Å². The van der Waals surface area contributed by atoms with Gasteiger partial charge < -0.3 is 14.7 Å². The maximum atomic E-state index is 11.8. The van der Waals surface area contributed by atoms with Crippen LogP contribution in [0.25, 0.3) is 33.6 Å². The van der Waals surface area contributed by atoms with Gasteiger partial charge >= 0.3 is 6.03 Å². The molecule has 3 aromatic heterocycles. The standard InChI is InChI=1S/C18H17N7O2/c1-3-20-18(26)23-17-21-14-8-12(11-5-4-6-19-9-11)7-13(15(14)22-17)16-25-24-10(2)27-16/h4-9H,3H2,1-2H3,(H3,20,21,22,23,26). The maximum absolute atomic E-state index is 11.8. The molecule has 4 rings (SSSR count). The Balaban J connectivity index is 1.86. The maximum Gasteiger partial charge on any atom is 0.321 e. The predicted molar refractivity (Wildman–Crippen MR) is 100 cm³/mol. The Morgan fingerprint density at radius 1 is 1.26 bits per heavy atom. The minimum absolute atomic E-state index is 0.330. The van der Waals surface area contributed by atoms with Crippen molar-refractivity contribution in [2.24, 2.45) is 0 Å². The molecule has 3 heterocycles. The molecular formula is C18H17N7O2. The largest absolute Gasteiger partial charge is 0.421 e. The molecule has 0 unspecified atom stereocenters. The fraction of sp³-hybridized carbons (Fsp3) is 0.167. The van der Waals surface area contributed by atoms with E-state index < -0.39 is 0 Å². The van der Waals surface area contributed by atoms with E-state index in [0.29, 0.717) is 40.9 Å². The number of urea groups is 1. The number of nitrogens with one attached hydrogen (secondary N) is 3. The van der Waals surface area contributed by atoms with Gasteiger partial charge in [-0.3, -0.25) is 10.3 Å². The SMILES string of the molecule is CCNC(=O)Nc1nc2cc(-c3cccnc3)cc(-c3nnc(C)o3)c2[nH]1. The second kappa shape index (κ2) is 6.87. The summed E-state index contributed by atoms with van der Waals surface area (Å²) >= 11 is 0. The highest BCUT2D eigenvalue weighted by Crippen LogP contribution is 2.33. The van der Waals surface area contributed by atoms with Gasteiger partial charge in [0.25, 0.3) is 0 Å². The normalized spacial score (nSPS) is 10.9. The van der Waals surface area contributed by atoms with Crippen molar-refractivity contribution in [3.05, 3.63) is 42.5 Å². The van der Waals surface area contributed by atoms with Crippen LogP contribution in [0.1, 0.15) is 12.8 Å². The number of pyridine rings is 1. The van der Waals surface area contributed by atoms with Crippen LogP contribution in [0.5, 0.6) is 0 Å². The number of nitrogens with zero attached hydrogens (tertiary/aromatic N) is 4. The van der Waals surface area contributed by atoms with Crippen LogP contribution >= 0.6 is 0 Å². The molecule has 0 saturated carbocycles. The second-order valence-electron chi connectivity index (χ2n) is 5.86. The van der Waals surface area contributed by atoms with Crippen LogP contribution in [0.4, 0.5) is 10.7 Å². The number of carbonyl (C=O) groups excluding carboxylic acids is 1. The average Bonchev–Trinajstić information content (AvgIpc) is 3.27. The van der Waals surface area contributed by atoms with Crippen LogP contribution in [0.15, 0.2) is 41.1 Å². The molecule has 0 fully saturated rings. The zero-order valence-electron chi connectivity index (χ0n) is 14.8. The molecule has 9 heteroatoms. The lowest BCUT2D eigenvalue weighted by Crippen LogP contribution is -2.28. The third-order valence-corrected chi connectivity index (χ3v) is 3.91. The molecule has 2 amide bonds. The smallest absolute Gasteiger partial charge is 0.321 e. The number of imidazole rings is 1. The molecule has 3 N–H and O–H groups in total. The van der Waals surface area contributed by atoms with Gasteiger partial charge in [-0.25, -0.2) is 9.78 Å². The quantitative estimate of drug-likeness (QED) is 0.512. The van der Waals surface area contributed by atoms with E-state index in [9.17, 15) is 4.79 Å². The van der Waals surface area contributed by atoms with Crippen LogP contribution in [0.2, 0.25) is 0 Å². The van der Waals surface area contributed by atoms with Crippen LogP contribution < -0.4 is 10.6 Å². The highest BCUT2D eigenvalue weighted by molar-refractivity contribution is 5.97. The Labute approximate surface area is 154 Å². The van der Waals surface area contributed by atoms with Gasteiger partial charge in [0.05, 0.1) is 16.6 Å². The molecule has 0 aliphatic carbocycles. The average molecular weight is 363 g/mol.